The molecule has 1 aliphatic heterocycles. The normalized spacial score (nSPS) is 21.6. The van der Waals surface area contributed by atoms with Crippen LogP contribution in [0.5, 0.6) is 0 Å². The molecule has 3 aromatic rings. The highest BCUT2D eigenvalue weighted by atomic mass is 19.1. The molecular formula is C25H26FN3O2. The van der Waals surface area contributed by atoms with E-state index in [1.165, 1.54) is 24.5 Å². The van der Waals surface area contributed by atoms with E-state index >= 15 is 0 Å². The van der Waals surface area contributed by atoms with Gasteiger partial charge in [-0.2, -0.15) is 4.98 Å². The number of rotatable bonds is 6. The highest BCUT2D eigenvalue weighted by Crippen LogP contribution is 2.36. The predicted octanol–water partition coefficient (Wildman–Crippen LogP) is 5.44. The SMILES string of the molecule is O=CCC1CNC(c2ccc(-c3noc(-c4ccc(C5CCCC5)c(F)c4)n3)cc2)C1. The molecule has 1 N–H and O–H groups in total. The van der Waals surface area contributed by atoms with Crippen LogP contribution in [0.1, 0.15) is 61.6 Å². The molecular weight excluding hydrogens is 393 g/mol. The third kappa shape index (κ3) is 4.17. The van der Waals surface area contributed by atoms with Crippen molar-refractivity contribution in [1.82, 2.24) is 15.5 Å². The van der Waals surface area contributed by atoms with Gasteiger partial charge in [0.1, 0.15) is 12.1 Å². The number of carbonyl (C=O) groups excluding carboxylic acids is 1. The van der Waals surface area contributed by atoms with Crippen molar-refractivity contribution in [2.75, 3.05) is 6.54 Å². The molecule has 2 aromatic carbocycles. The van der Waals surface area contributed by atoms with Crippen LogP contribution in [-0.2, 0) is 4.79 Å². The van der Waals surface area contributed by atoms with Gasteiger partial charge in [0.15, 0.2) is 0 Å². The Morgan fingerprint density at radius 2 is 1.87 bits per heavy atom. The lowest BCUT2D eigenvalue weighted by atomic mass is 9.96. The molecule has 2 unspecified atom stereocenters. The first-order chi connectivity index (χ1) is 15.2. The van der Waals surface area contributed by atoms with Gasteiger partial charge in [0, 0.05) is 23.6 Å². The van der Waals surface area contributed by atoms with Crippen LogP contribution in [0.25, 0.3) is 22.8 Å². The Balaban J connectivity index is 1.30. The van der Waals surface area contributed by atoms with Crippen LogP contribution in [-0.4, -0.2) is 23.0 Å². The lowest BCUT2D eigenvalue weighted by Gasteiger charge is -2.11. The van der Waals surface area contributed by atoms with Crippen LogP contribution in [0.3, 0.4) is 0 Å². The number of aromatic nitrogens is 2. The Morgan fingerprint density at radius 1 is 1.10 bits per heavy atom. The van der Waals surface area contributed by atoms with E-state index in [0.29, 0.717) is 35.5 Å². The van der Waals surface area contributed by atoms with Gasteiger partial charge in [-0.25, -0.2) is 4.39 Å². The van der Waals surface area contributed by atoms with Crippen molar-refractivity contribution < 1.29 is 13.7 Å². The molecule has 2 heterocycles. The number of nitrogens with zero attached hydrogens (tertiary/aromatic N) is 2. The number of hydrogen-bond donors (Lipinski definition) is 1. The molecule has 0 bridgehead atoms. The second kappa shape index (κ2) is 8.71. The summed E-state index contributed by atoms with van der Waals surface area (Å²) in [5, 5.41) is 7.57. The fourth-order valence-corrected chi connectivity index (χ4v) is 4.93. The van der Waals surface area contributed by atoms with Gasteiger partial charge in [-0.05, 0) is 60.9 Å². The Bertz CT molecular complexity index is 1060. The van der Waals surface area contributed by atoms with Gasteiger partial charge in [-0.3, -0.25) is 0 Å². The van der Waals surface area contributed by atoms with Gasteiger partial charge < -0.3 is 14.6 Å². The van der Waals surface area contributed by atoms with E-state index in [9.17, 15) is 9.18 Å². The van der Waals surface area contributed by atoms with Gasteiger partial charge in [-0.15, -0.1) is 0 Å². The molecule has 5 rings (SSSR count). The first-order valence-electron chi connectivity index (χ1n) is 11.1. The minimum Gasteiger partial charge on any atom is -0.334 e. The average molecular weight is 420 g/mol. The van der Waals surface area contributed by atoms with E-state index in [4.69, 9.17) is 4.52 Å². The third-order valence-electron chi connectivity index (χ3n) is 6.69. The van der Waals surface area contributed by atoms with Crippen molar-refractivity contribution in [2.45, 2.75) is 50.5 Å². The molecule has 5 nitrogen and oxygen atoms in total. The fraction of sp³-hybridized carbons (Fsp3) is 0.400. The summed E-state index contributed by atoms with van der Waals surface area (Å²) in [6.45, 7) is 0.870. The van der Waals surface area contributed by atoms with E-state index in [-0.39, 0.29) is 11.9 Å². The number of hydrogen-bond acceptors (Lipinski definition) is 5. The van der Waals surface area contributed by atoms with Crippen LogP contribution >= 0.6 is 0 Å². The maximum atomic E-state index is 14.7. The number of halogens is 1. The van der Waals surface area contributed by atoms with Gasteiger partial charge in [-0.1, -0.05) is 48.3 Å². The smallest absolute Gasteiger partial charge is 0.258 e. The van der Waals surface area contributed by atoms with E-state index < -0.39 is 0 Å². The lowest BCUT2D eigenvalue weighted by molar-refractivity contribution is -0.108. The lowest BCUT2D eigenvalue weighted by Crippen LogP contribution is -2.13. The van der Waals surface area contributed by atoms with Crippen molar-refractivity contribution in [3.8, 4) is 22.8 Å². The standard InChI is InChI=1S/C25H26FN3O2/c26-22-14-20(9-10-21(22)17-3-1-2-4-17)25-28-24(29-31-25)19-7-5-18(6-8-19)23-13-16(11-12-30)15-27-23/h5-10,12,14,16-17,23,27H,1-4,11,13,15H2. The van der Waals surface area contributed by atoms with Gasteiger partial charge >= 0.3 is 0 Å². The first kappa shape index (κ1) is 20.1. The van der Waals surface area contributed by atoms with E-state index in [1.807, 2.05) is 24.3 Å². The molecule has 1 aromatic heterocycles. The minimum absolute atomic E-state index is 0.189. The summed E-state index contributed by atoms with van der Waals surface area (Å²) in [5.41, 5.74) is 3.44. The Labute approximate surface area is 181 Å². The fourth-order valence-electron chi connectivity index (χ4n) is 4.93. The minimum atomic E-state index is -0.189. The van der Waals surface area contributed by atoms with Crippen LogP contribution < -0.4 is 5.32 Å². The molecule has 160 valence electrons. The Morgan fingerprint density at radius 3 is 2.61 bits per heavy atom. The van der Waals surface area contributed by atoms with Crippen LogP contribution in [0.4, 0.5) is 4.39 Å². The molecule has 1 saturated carbocycles. The Hall–Kier alpha value is -2.86. The molecule has 0 radical (unpaired) electrons. The second-order valence-electron chi connectivity index (χ2n) is 8.73. The van der Waals surface area contributed by atoms with E-state index in [1.54, 1.807) is 0 Å². The molecule has 31 heavy (non-hydrogen) atoms. The summed E-state index contributed by atoms with van der Waals surface area (Å²) < 4.78 is 20.1. The average Bonchev–Trinajstić information content (AvgIpc) is 3.56. The molecule has 1 aliphatic carbocycles. The van der Waals surface area contributed by atoms with Crippen LogP contribution in [0.15, 0.2) is 47.0 Å². The van der Waals surface area contributed by atoms with Crippen molar-refractivity contribution >= 4 is 6.29 Å². The highest BCUT2D eigenvalue weighted by Gasteiger charge is 2.25. The third-order valence-corrected chi connectivity index (χ3v) is 6.69. The maximum Gasteiger partial charge on any atom is 0.258 e. The van der Waals surface area contributed by atoms with Crippen molar-refractivity contribution in [2.24, 2.45) is 5.92 Å². The van der Waals surface area contributed by atoms with Crippen molar-refractivity contribution in [3.63, 3.8) is 0 Å². The number of aldehydes is 1. The van der Waals surface area contributed by atoms with E-state index in [2.05, 4.69) is 27.6 Å². The molecule has 2 fully saturated rings. The van der Waals surface area contributed by atoms with Crippen molar-refractivity contribution in [1.29, 1.82) is 0 Å². The summed E-state index contributed by atoms with van der Waals surface area (Å²) in [5.74, 6) is 1.35. The van der Waals surface area contributed by atoms with Crippen molar-refractivity contribution in [3.05, 3.63) is 59.4 Å². The highest BCUT2D eigenvalue weighted by molar-refractivity contribution is 5.60. The summed E-state index contributed by atoms with van der Waals surface area (Å²) in [6.07, 6.45) is 7.04. The predicted molar refractivity (Wildman–Crippen MR) is 116 cm³/mol. The number of nitrogens with one attached hydrogen (secondary N) is 1. The van der Waals surface area contributed by atoms with Gasteiger partial charge in [0.2, 0.25) is 5.82 Å². The quantitative estimate of drug-likeness (QED) is 0.539. The van der Waals surface area contributed by atoms with Crippen LogP contribution in [0.2, 0.25) is 0 Å². The maximum absolute atomic E-state index is 14.7. The number of carbonyl (C=O) groups is 1. The largest absolute Gasteiger partial charge is 0.334 e. The molecule has 0 amide bonds. The summed E-state index contributed by atoms with van der Waals surface area (Å²) in [4.78, 5) is 15.2. The molecule has 2 atom stereocenters. The molecule has 6 heteroatoms. The molecule has 1 saturated heterocycles. The number of benzene rings is 2. The molecule has 2 aliphatic rings. The zero-order valence-electron chi connectivity index (χ0n) is 17.4. The Kier molecular flexibility index (Phi) is 5.64. The monoisotopic (exact) mass is 419 g/mol. The van der Waals surface area contributed by atoms with E-state index in [0.717, 1.165) is 43.2 Å². The summed E-state index contributed by atoms with van der Waals surface area (Å²) in [7, 11) is 0. The zero-order valence-corrected chi connectivity index (χ0v) is 17.4. The second-order valence-corrected chi connectivity index (χ2v) is 8.73. The topological polar surface area (TPSA) is 68.0 Å². The van der Waals surface area contributed by atoms with Gasteiger partial charge in [0.25, 0.3) is 5.89 Å². The van der Waals surface area contributed by atoms with Gasteiger partial charge in [0.05, 0.1) is 0 Å². The molecule has 0 spiro atoms. The summed E-state index contributed by atoms with van der Waals surface area (Å²) >= 11 is 0. The zero-order chi connectivity index (χ0) is 21.2. The van der Waals surface area contributed by atoms with Crippen LogP contribution in [0, 0.1) is 11.7 Å². The summed E-state index contributed by atoms with van der Waals surface area (Å²) in [6, 6.07) is 13.6. The first-order valence-corrected chi connectivity index (χ1v) is 11.1.